The van der Waals surface area contributed by atoms with Crippen LogP contribution in [-0.4, -0.2) is 41.6 Å². The Morgan fingerprint density at radius 1 is 1.30 bits per heavy atom. The van der Waals surface area contributed by atoms with E-state index >= 15 is 0 Å². The Balaban J connectivity index is 2.36. The zero-order valence-electron chi connectivity index (χ0n) is 12.0. The molecule has 1 rings (SSSR count). The summed E-state index contributed by atoms with van der Waals surface area (Å²) in [6, 6.07) is 9.77. The second-order valence-corrected chi connectivity index (χ2v) is 4.74. The lowest BCUT2D eigenvalue weighted by atomic mass is 9.98. The SMILES string of the molecule is CCN(CC(=O)O)C(=O)NCCC(C)c1ccccc1. The highest BCUT2D eigenvalue weighted by Gasteiger charge is 2.14. The summed E-state index contributed by atoms with van der Waals surface area (Å²) in [7, 11) is 0. The van der Waals surface area contributed by atoms with Gasteiger partial charge in [0.25, 0.3) is 0 Å². The highest BCUT2D eigenvalue weighted by Crippen LogP contribution is 2.17. The number of amides is 2. The Labute approximate surface area is 119 Å². The van der Waals surface area contributed by atoms with E-state index in [4.69, 9.17) is 5.11 Å². The molecular formula is C15H22N2O3. The summed E-state index contributed by atoms with van der Waals surface area (Å²) in [6.45, 7) is 4.51. The van der Waals surface area contributed by atoms with Gasteiger partial charge in [-0.05, 0) is 24.8 Å². The highest BCUT2D eigenvalue weighted by molar-refractivity contribution is 5.79. The van der Waals surface area contributed by atoms with E-state index in [0.29, 0.717) is 19.0 Å². The Kier molecular flexibility index (Phi) is 6.56. The van der Waals surface area contributed by atoms with Gasteiger partial charge >= 0.3 is 12.0 Å². The second kappa shape index (κ2) is 8.19. The molecule has 0 saturated carbocycles. The molecular weight excluding hydrogens is 256 g/mol. The van der Waals surface area contributed by atoms with Gasteiger partial charge in [-0.2, -0.15) is 0 Å². The summed E-state index contributed by atoms with van der Waals surface area (Å²) < 4.78 is 0. The molecule has 0 bridgehead atoms. The quantitative estimate of drug-likeness (QED) is 0.804. The molecule has 1 aromatic carbocycles. The van der Waals surface area contributed by atoms with Crippen molar-refractivity contribution >= 4 is 12.0 Å². The summed E-state index contributed by atoms with van der Waals surface area (Å²) in [4.78, 5) is 23.7. The smallest absolute Gasteiger partial charge is 0.323 e. The first-order valence-electron chi connectivity index (χ1n) is 6.84. The number of carboxylic acids is 1. The number of urea groups is 1. The normalized spacial score (nSPS) is 11.7. The van der Waals surface area contributed by atoms with Crippen LogP contribution < -0.4 is 5.32 Å². The predicted molar refractivity (Wildman–Crippen MR) is 77.8 cm³/mol. The number of rotatable bonds is 7. The number of aliphatic carboxylic acids is 1. The van der Waals surface area contributed by atoms with Crippen LogP contribution in [0.2, 0.25) is 0 Å². The number of likely N-dealkylation sites (N-methyl/N-ethyl adjacent to an activating group) is 1. The van der Waals surface area contributed by atoms with E-state index in [2.05, 4.69) is 24.4 Å². The number of carbonyl (C=O) groups is 2. The molecule has 1 aromatic rings. The number of benzene rings is 1. The molecule has 0 aliphatic heterocycles. The zero-order chi connectivity index (χ0) is 15.0. The van der Waals surface area contributed by atoms with Gasteiger partial charge in [0.15, 0.2) is 0 Å². The lowest BCUT2D eigenvalue weighted by Gasteiger charge is -2.20. The molecule has 20 heavy (non-hydrogen) atoms. The third-order valence-electron chi connectivity index (χ3n) is 3.22. The largest absolute Gasteiger partial charge is 0.480 e. The maximum Gasteiger partial charge on any atom is 0.323 e. The molecule has 1 atom stereocenters. The minimum Gasteiger partial charge on any atom is -0.480 e. The van der Waals surface area contributed by atoms with Crippen molar-refractivity contribution in [1.29, 1.82) is 0 Å². The molecule has 1 unspecified atom stereocenters. The molecule has 0 aliphatic carbocycles. The number of carboxylic acid groups (broad SMARTS) is 1. The van der Waals surface area contributed by atoms with Gasteiger partial charge in [-0.1, -0.05) is 37.3 Å². The summed E-state index contributed by atoms with van der Waals surface area (Å²) in [5.41, 5.74) is 1.24. The van der Waals surface area contributed by atoms with E-state index < -0.39 is 5.97 Å². The fraction of sp³-hybridized carbons (Fsp3) is 0.467. The van der Waals surface area contributed by atoms with Crippen molar-refractivity contribution in [3.05, 3.63) is 35.9 Å². The molecule has 110 valence electrons. The fourth-order valence-corrected chi connectivity index (χ4v) is 1.95. The maximum absolute atomic E-state index is 11.8. The number of nitrogens with one attached hydrogen (secondary N) is 1. The Morgan fingerprint density at radius 2 is 1.95 bits per heavy atom. The van der Waals surface area contributed by atoms with E-state index in [-0.39, 0.29) is 12.6 Å². The molecule has 5 heteroatoms. The standard InChI is InChI=1S/C15H22N2O3/c1-3-17(11-14(18)19)15(20)16-10-9-12(2)13-7-5-4-6-8-13/h4-8,12H,3,9-11H2,1-2H3,(H,16,20)(H,18,19). The van der Waals surface area contributed by atoms with Gasteiger partial charge in [0, 0.05) is 13.1 Å². The van der Waals surface area contributed by atoms with Crippen molar-refractivity contribution in [2.45, 2.75) is 26.2 Å². The summed E-state index contributed by atoms with van der Waals surface area (Å²) in [5, 5.41) is 11.5. The molecule has 5 nitrogen and oxygen atoms in total. The van der Waals surface area contributed by atoms with Gasteiger partial charge in [-0.25, -0.2) is 4.79 Å². The first-order chi connectivity index (χ1) is 9.54. The molecule has 0 aliphatic rings. The van der Waals surface area contributed by atoms with Crippen LogP contribution in [0.25, 0.3) is 0 Å². The van der Waals surface area contributed by atoms with Crippen LogP contribution in [0.15, 0.2) is 30.3 Å². The number of carbonyl (C=O) groups excluding carboxylic acids is 1. The third-order valence-corrected chi connectivity index (χ3v) is 3.22. The summed E-state index contributed by atoms with van der Waals surface area (Å²) >= 11 is 0. The number of hydrogen-bond donors (Lipinski definition) is 2. The van der Waals surface area contributed by atoms with Crippen LogP contribution in [0, 0.1) is 0 Å². The van der Waals surface area contributed by atoms with Gasteiger partial charge < -0.3 is 15.3 Å². The minimum absolute atomic E-state index is 0.267. The van der Waals surface area contributed by atoms with Gasteiger partial charge in [-0.3, -0.25) is 4.79 Å². The van der Waals surface area contributed by atoms with E-state index in [0.717, 1.165) is 6.42 Å². The van der Waals surface area contributed by atoms with E-state index in [1.807, 2.05) is 18.2 Å². The topological polar surface area (TPSA) is 69.6 Å². The fourth-order valence-electron chi connectivity index (χ4n) is 1.95. The van der Waals surface area contributed by atoms with Crippen molar-refractivity contribution in [3.63, 3.8) is 0 Å². The maximum atomic E-state index is 11.8. The van der Waals surface area contributed by atoms with Crippen LogP contribution in [-0.2, 0) is 4.79 Å². The van der Waals surface area contributed by atoms with Gasteiger partial charge in [0.1, 0.15) is 6.54 Å². The van der Waals surface area contributed by atoms with Crippen molar-refractivity contribution in [3.8, 4) is 0 Å². The molecule has 0 heterocycles. The lowest BCUT2D eigenvalue weighted by Crippen LogP contribution is -2.43. The van der Waals surface area contributed by atoms with Crippen molar-refractivity contribution < 1.29 is 14.7 Å². The molecule has 0 fully saturated rings. The Hall–Kier alpha value is -2.04. The predicted octanol–water partition coefficient (Wildman–Crippen LogP) is 2.30. The van der Waals surface area contributed by atoms with Crippen molar-refractivity contribution in [2.24, 2.45) is 0 Å². The van der Waals surface area contributed by atoms with Crippen LogP contribution in [0.3, 0.4) is 0 Å². The Morgan fingerprint density at radius 3 is 2.50 bits per heavy atom. The monoisotopic (exact) mass is 278 g/mol. The first-order valence-corrected chi connectivity index (χ1v) is 6.84. The number of nitrogens with zero attached hydrogens (tertiary/aromatic N) is 1. The number of hydrogen-bond acceptors (Lipinski definition) is 2. The minimum atomic E-state index is -1.00. The third kappa shape index (κ3) is 5.30. The van der Waals surface area contributed by atoms with E-state index in [9.17, 15) is 9.59 Å². The molecule has 0 spiro atoms. The van der Waals surface area contributed by atoms with Crippen LogP contribution in [0.5, 0.6) is 0 Å². The molecule has 0 aromatic heterocycles. The van der Waals surface area contributed by atoms with Crippen molar-refractivity contribution in [1.82, 2.24) is 10.2 Å². The summed E-state index contributed by atoms with van der Waals surface area (Å²) in [6.07, 6.45) is 0.820. The molecule has 0 saturated heterocycles. The average Bonchev–Trinajstić information content (AvgIpc) is 2.45. The highest BCUT2D eigenvalue weighted by atomic mass is 16.4. The molecule has 2 amide bonds. The van der Waals surface area contributed by atoms with Gasteiger partial charge in [0.05, 0.1) is 0 Å². The van der Waals surface area contributed by atoms with Gasteiger partial charge in [0.2, 0.25) is 0 Å². The molecule has 0 radical (unpaired) electrons. The van der Waals surface area contributed by atoms with Crippen LogP contribution in [0.4, 0.5) is 4.79 Å². The second-order valence-electron chi connectivity index (χ2n) is 4.74. The Bertz CT molecular complexity index is 434. The average molecular weight is 278 g/mol. The first kappa shape index (κ1) is 16.0. The lowest BCUT2D eigenvalue weighted by molar-refractivity contribution is -0.137. The van der Waals surface area contributed by atoms with E-state index in [1.165, 1.54) is 10.5 Å². The van der Waals surface area contributed by atoms with E-state index in [1.54, 1.807) is 6.92 Å². The van der Waals surface area contributed by atoms with Crippen LogP contribution >= 0.6 is 0 Å². The van der Waals surface area contributed by atoms with Crippen molar-refractivity contribution in [2.75, 3.05) is 19.6 Å². The zero-order valence-corrected chi connectivity index (χ0v) is 12.0. The summed E-state index contributed by atoms with van der Waals surface area (Å²) in [5.74, 6) is -0.647. The molecule has 2 N–H and O–H groups in total. The van der Waals surface area contributed by atoms with Gasteiger partial charge in [-0.15, -0.1) is 0 Å². The van der Waals surface area contributed by atoms with Crippen LogP contribution in [0.1, 0.15) is 31.7 Å².